The van der Waals surface area contributed by atoms with Crippen LogP contribution in [0.2, 0.25) is 0 Å². The Hall–Kier alpha value is -3.99. The molecule has 2 saturated heterocycles. The highest BCUT2D eigenvalue weighted by atomic mass is 32.2. The molecule has 0 bridgehead atoms. The van der Waals surface area contributed by atoms with E-state index in [1.165, 1.54) is 38.5 Å². The van der Waals surface area contributed by atoms with Crippen LogP contribution in [-0.2, 0) is 9.59 Å². The summed E-state index contributed by atoms with van der Waals surface area (Å²) in [5.41, 5.74) is 1.26. The lowest BCUT2D eigenvalue weighted by atomic mass is 9.73. The van der Waals surface area contributed by atoms with Crippen LogP contribution in [0.15, 0.2) is 78.6 Å². The molecule has 9 nitrogen and oxygen atoms in total. The van der Waals surface area contributed by atoms with Crippen LogP contribution in [0.25, 0.3) is 6.08 Å². The zero-order valence-electron chi connectivity index (χ0n) is 24.7. The maximum absolute atomic E-state index is 14.4. The Kier molecular flexibility index (Phi) is 9.53. The van der Waals surface area contributed by atoms with Gasteiger partial charge in [-0.3, -0.25) is 14.5 Å². The summed E-state index contributed by atoms with van der Waals surface area (Å²) in [7, 11) is 2.89. The predicted octanol–water partition coefficient (Wildman–Crippen LogP) is 4.60. The number of methoxy groups -OCH3 is 2. The Labute approximate surface area is 260 Å². The van der Waals surface area contributed by atoms with Gasteiger partial charge in [0, 0.05) is 47.4 Å². The van der Waals surface area contributed by atoms with E-state index in [9.17, 15) is 30.0 Å². The molecule has 1 aliphatic carbocycles. The Morgan fingerprint density at radius 1 is 1.02 bits per heavy atom. The smallest absolute Gasteiger partial charge is 0.164 e. The second-order valence-electron chi connectivity index (χ2n) is 11.3. The highest BCUT2D eigenvalue weighted by molar-refractivity contribution is 7.99. The van der Waals surface area contributed by atoms with Gasteiger partial charge in [0.15, 0.2) is 34.6 Å². The summed E-state index contributed by atoms with van der Waals surface area (Å²) in [5, 5.41) is 41.7. The first-order chi connectivity index (χ1) is 21.1. The summed E-state index contributed by atoms with van der Waals surface area (Å²) in [6.45, 7) is 1.67. The monoisotopic (exact) mass is 619 g/mol. The number of carbonyl (C=O) groups excluding carboxylic acids is 2. The summed E-state index contributed by atoms with van der Waals surface area (Å²) in [4.78, 5) is 30.6. The number of phenolic OH excluding ortho intramolecular Hbond substituents is 2. The number of benzene rings is 2. The van der Waals surface area contributed by atoms with Crippen molar-refractivity contribution in [3.8, 4) is 23.0 Å². The zero-order chi connectivity index (χ0) is 31.5. The van der Waals surface area contributed by atoms with E-state index in [1.807, 2.05) is 24.3 Å². The van der Waals surface area contributed by atoms with Crippen molar-refractivity contribution in [2.75, 3.05) is 25.8 Å². The van der Waals surface area contributed by atoms with E-state index in [1.54, 1.807) is 49.0 Å². The molecular formula is C34H37NO8S. The molecule has 232 valence electrons. The molecule has 0 saturated carbocycles. The van der Waals surface area contributed by atoms with Crippen LogP contribution in [0.4, 0.5) is 0 Å². The van der Waals surface area contributed by atoms with Crippen molar-refractivity contribution in [1.29, 1.82) is 0 Å². The molecule has 0 amide bonds. The molecule has 0 aromatic heterocycles. The maximum atomic E-state index is 14.4. The number of aliphatic hydroxyl groups is 2. The molecule has 5 rings (SSSR count). The van der Waals surface area contributed by atoms with Gasteiger partial charge in [-0.05, 0) is 48.4 Å². The van der Waals surface area contributed by atoms with Gasteiger partial charge in [-0.2, -0.15) is 0 Å². The molecule has 2 heterocycles. The number of aliphatic hydroxyl groups excluding tert-OH is 2. The summed E-state index contributed by atoms with van der Waals surface area (Å²) < 4.78 is 10.4. The summed E-state index contributed by atoms with van der Waals surface area (Å²) in [5.74, 6) is -1.35. The third-order valence-corrected chi connectivity index (χ3v) is 9.72. The van der Waals surface area contributed by atoms with Crippen molar-refractivity contribution in [3.05, 3.63) is 89.7 Å². The van der Waals surface area contributed by atoms with Gasteiger partial charge in [0.2, 0.25) is 0 Å². The van der Waals surface area contributed by atoms with Gasteiger partial charge in [0.25, 0.3) is 0 Å². The Morgan fingerprint density at radius 2 is 1.77 bits per heavy atom. The Bertz CT molecular complexity index is 1530. The molecule has 2 fully saturated rings. The molecule has 3 aliphatic rings. The third kappa shape index (κ3) is 6.15. The first-order valence-electron chi connectivity index (χ1n) is 14.4. The van der Waals surface area contributed by atoms with Crippen LogP contribution in [-0.4, -0.2) is 80.9 Å². The predicted molar refractivity (Wildman–Crippen MR) is 169 cm³/mol. The number of aromatic hydroxyl groups is 2. The lowest BCUT2D eigenvalue weighted by Gasteiger charge is -2.33. The van der Waals surface area contributed by atoms with Crippen molar-refractivity contribution in [3.63, 3.8) is 0 Å². The van der Waals surface area contributed by atoms with E-state index < -0.39 is 35.8 Å². The molecule has 2 aromatic carbocycles. The number of allylic oxidation sites excluding steroid dienone is 5. The van der Waals surface area contributed by atoms with Crippen molar-refractivity contribution >= 4 is 29.4 Å². The van der Waals surface area contributed by atoms with Gasteiger partial charge in [0.1, 0.15) is 5.76 Å². The SMILES string of the molecule is COc1ccc(/C=C/C(O)=C/C(=O)C2C(c3ccc(O)c(OC)c3)C(C(=O)C3C=CC=CC3C(C)O)N3CSCC23)cc1O. The third-order valence-electron chi connectivity index (χ3n) is 8.67. The minimum absolute atomic E-state index is 0.0528. The standard InChI is InChI=1S/C34H37NO8S/c1-19(36)23-6-4-5-7-24(23)34(41)33-31(21-10-12-26(38)30(15-21)43-3)32(25-17-44-18-35(25)33)28(40)16-22(37)11-8-20-9-13-29(42-2)27(39)14-20/h4-16,19,23-25,31-33,36-39H,17-18H2,1-3H3/b11-8+,22-16-. The van der Waals surface area contributed by atoms with E-state index in [0.29, 0.717) is 28.5 Å². The minimum atomic E-state index is -0.751. The first kappa shape index (κ1) is 31.4. The van der Waals surface area contributed by atoms with Gasteiger partial charge in [0.05, 0.1) is 26.4 Å². The Morgan fingerprint density at radius 3 is 2.48 bits per heavy atom. The molecule has 0 spiro atoms. The number of ketones is 2. The van der Waals surface area contributed by atoms with Crippen LogP contribution in [0.3, 0.4) is 0 Å². The maximum Gasteiger partial charge on any atom is 0.164 e. The van der Waals surface area contributed by atoms with Crippen molar-refractivity contribution in [1.82, 2.24) is 4.90 Å². The summed E-state index contributed by atoms with van der Waals surface area (Å²) >= 11 is 1.64. The molecule has 2 aliphatic heterocycles. The molecular weight excluding hydrogens is 582 g/mol. The average molecular weight is 620 g/mol. The van der Waals surface area contributed by atoms with Crippen LogP contribution < -0.4 is 9.47 Å². The normalized spacial score (nSPS) is 27.4. The van der Waals surface area contributed by atoms with Gasteiger partial charge >= 0.3 is 0 Å². The highest BCUT2D eigenvalue weighted by Crippen LogP contribution is 2.50. The summed E-state index contributed by atoms with van der Waals surface area (Å²) in [6.07, 6.45) is 10.7. The number of fused-ring (bicyclic) bond motifs is 1. The topological polar surface area (TPSA) is 137 Å². The van der Waals surface area contributed by atoms with Crippen molar-refractivity contribution < 1.29 is 39.5 Å². The second-order valence-corrected chi connectivity index (χ2v) is 12.3. The van der Waals surface area contributed by atoms with Crippen LogP contribution in [0, 0.1) is 17.8 Å². The molecule has 2 aromatic rings. The fourth-order valence-corrected chi connectivity index (χ4v) is 7.86. The number of rotatable bonds is 10. The van der Waals surface area contributed by atoms with Crippen LogP contribution >= 0.6 is 11.8 Å². The average Bonchev–Trinajstić information content (AvgIpc) is 3.61. The number of hydrogen-bond acceptors (Lipinski definition) is 10. The number of thioether (sulfide) groups is 1. The van der Waals surface area contributed by atoms with Gasteiger partial charge in [-0.1, -0.05) is 42.5 Å². The molecule has 4 N–H and O–H groups in total. The molecule has 0 radical (unpaired) electrons. The molecule has 44 heavy (non-hydrogen) atoms. The molecule has 10 heteroatoms. The van der Waals surface area contributed by atoms with E-state index in [2.05, 4.69) is 4.90 Å². The van der Waals surface area contributed by atoms with Crippen molar-refractivity contribution in [2.45, 2.75) is 31.0 Å². The molecule has 7 atom stereocenters. The minimum Gasteiger partial charge on any atom is -0.508 e. The van der Waals surface area contributed by atoms with E-state index in [0.717, 1.165) is 0 Å². The first-order valence-corrected chi connectivity index (χ1v) is 15.6. The number of hydrogen-bond donors (Lipinski definition) is 4. The lowest BCUT2D eigenvalue weighted by molar-refractivity contribution is -0.128. The number of phenols is 2. The fraction of sp³-hybridized carbons (Fsp3) is 0.353. The fourth-order valence-electron chi connectivity index (χ4n) is 6.56. The quantitative estimate of drug-likeness (QED) is 0.170. The van der Waals surface area contributed by atoms with Gasteiger partial charge in [-0.15, -0.1) is 11.8 Å². The van der Waals surface area contributed by atoms with Crippen LogP contribution in [0.1, 0.15) is 24.0 Å². The number of ether oxygens (including phenoxy) is 2. The summed E-state index contributed by atoms with van der Waals surface area (Å²) in [6, 6.07) is 8.69. The lowest BCUT2D eigenvalue weighted by Crippen LogP contribution is -2.45. The van der Waals surface area contributed by atoms with Gasteiger partial charge < -0.3 is 29.9 Å². The number of Topliss-reactive ketones (excluding diaryl/α,β-unsaturated/α-hetero) is 1. The van der Waals surface area contributed by atoms with E-state index in [4.69, 9.17) is 9.47 Å². The van der Waals surface area contributed by atoms with E-state index >= 15 is 0 Å². The van der Waals surface area contributed by atoms with E-state index in [-0.39, 0.29) is 40.6 Å². The zero-order valence-corrected chi connectivity index (χ0v) is 25.6. The Balaban J connectivity index is 1.52. The second kappa shape index (κ2) is 13.3. The number of carbonyl (C=O) groups is 2. The number of nitrogens with zero attached hydrogens (tertiary/aromatic N) is 1. The molecule has 7 unspecified atom stereocenters. The highest BCUT2D eigenvalue weighted by Gasteiger charge is 2.57. The van der Waals surface area contributed by atoms with Crippen molar-refractivity contribution in [2.24, 2.45) is 17.8 Å². The largest absolute Gasteiger partial charge is 0.508 e. The van der Waals surface area contributed by atoms with Crippen LogP contribution in [0.5, 0.6) is 23.0 Å². The van der Waals surface area contributed by atoms with Gasteiger partial charge in [-0.25, -0.2) is 0 Å².